The van der Waals surface area contributed by atoms with E-state index in [4.69, 9.17) is 19.2 Å². The number of halogens is 1. The maximum absolute atomic E-state index is 14.3. The van der Waals surface area contributed by atoms with Gasteiger partial charge in [-0.3, -0.25) is 9.69 Å². The normalized spacial score (nSPS) is 22.2. The smallest absolute Gasteiger partial charge is 0.325 e. The molecule has 3 aliphatic heterocycles. The number of hydrogen-bond donors (Lipinski definition) is 2. The average Bonchev–Trinajstić information content (AvgIpc) is 3.41. The number of likely N-dealkylation sites (tertiary alicyclic amines) is 1. The molecule has 0 saturated carbocycles. The molecule has 0 spiro atoms. The molecule has 3 aliphatic rings. The van der Waals surface area contributed by atoms with Crippen LogP contribution in [-0.4, -0.2) is 67.0 Å². The van der Waals surface area contributed by atoms with Crippen LogP contribution in [-0.2, 0) is 27.1 Å². The number of rotatable bonds is 11. The molecule has 39 heavy (non-hydrogen) atoms. The minimum atomic E-state index is -0.972. The van der Waals surface area contributed by atoms with Crippen molar-refractivity contribution in [1.29, 1.82) is 0 Å². The summed E-state index contributed by atoms with van der Waals surface area (Å²) in [4.78, 5) is 19.1. The van der Waals surface area contributed by atoms with Gasteiger partial charge >= 0.3 is 5.97 Å². The molecule has 0 bridgehead atoms. The number of aryl methyl sites for hydroxylation is 1. The van der Waals surface area contributed by atoms with E-state index >= 15 is 0 Å². The number of unbranched alkanes of at least 4 members (excludes halogenated alkanes) is 1. The van der Waals surface area contributed by atoms with Crippen LogP contribution in [0.2, 0.25) is 0 Å². The number of fused-ring (bicyclic) bond motifs is 1. The van der Waals surface area contributed by atoms with Gasteiger partial charge in [-0.05, 0) is 81.0 Å². The van der Waals surface area contributed by atoms with Gasteiger partial charge in [-0.25, -0.2) is 9.37 Å². The fourth-order valence-electron chi connectivity index (χ4n) is 6.10. The predicted octanol–water partition coefficient (Wildman–Crippen LogP) is 5.07. The summed E-state index contributed by atoms with van der Waals surface area (Å²) in [6.45, 7) is 3.29. The van der Waals surface area contributed by atoms with Crippen molar-refractivity contribution in [2.75, 3.05) is 45.3 Å². The van der Waals surface area contributed by atoms with E-state index < -0.39 is 17.8 Å². The zero-order valence-electron chi connectivity index (χ0n) is 22.8. The van der Waals surface area contributed by atoms with Gasteiger partial charge in [-0.15, -0.1) is 0 Å². The number of nitrogens with one attached hydrogen (secondary N) is 1. The van der Waals surface area contributed by atoms with E-state index in [0.717, 1.165) is 92.7 Å². The van der Waals surface area contributed by atoms with Crippen LogP contribution in [0, 0.1) is 5.82 Å². The van der Waals surface area contributed by atoms with Crippen LogP contribution in [0.1, 0.15) is 79.5 Å². The van der Waals surface area contributed by atoms with E-state index in [1.165, 1.54) is 12.1 Å². The van der Waals surface area contributed by atoms with Crippen LogP contribution in [0.25, 0.3) is 0 Å². The summed E-state index contributed by atoms with van der Waals surface area (Å²) in [6, 6.07) is 5.60. The third-order valence-electron chi connectivity index (χ3n) is 8.08. The van der Waals surface area contributed by atoms with Gasteiger partial charge in [-0.2, -0.15) is 0 Å². The summed E-state index contributed by atoms with van der Waals surface area (Å²) in [5, 5.41) is 13.6. The minimum absolute atomic E-state index is 0.0408. The summed E-state index contributed by atoms with van der Waals surface area (Å²) in [5.74, 6) is 0.460. The number of nitrogens with zero attached hydrogens (tertiary/aromatic N) is 2. The molecule has 1 aromatic carbocycles. The standard InChI is InChI=1S/C30H40FN3O5/c1-37-27-18-21(33-29-24(27)8-6-13-32-29)7-2-4-15-38-22-12-14-34(19-22)28(30(35)36)25-17-20(31)10-11-23(25)26-9-3-5-16-39-26/h10-11,17-18,22,26,28H,2-9,12-16,19H2,1H3,(H,32,33)(H,35,36)/t22-,26-,28+/m1/s1. The van der Waals surface area contributed by atoms with E-state index in [0.29, 0.717) is 31.9 Å². The second-order valence-corrected chi connectivity index (χ2v) is 10.8. The molecule has 2 fully saturated rings. The number of methoxy groups -OCH3 is 1. The zero-order valence-corrected chi connectivity index (χ0v) is 22.8. The number of benzene rings is 1. The lowest BCUT2D eigenvalue weighted by Gasteiger charge is -2.30. The molecule has 9 heteroatoms. The first-order chi connectivity index (χ1) is 19.0. The maximum atomic E-state index is 14.3. The monoisotopic (exact) mass is 541 g/mol. The highest BCUT2D eigenvalue weighted by Crippen LogP contribution is 2.37. The Morgan fingerprint density at radius 2 is 2.15 bits per heavy atom. The lowest BCUT2D eigenvalue weighted by molar-refractivity contribution is -0.143. The maximum Gasteiger partial charge on any atom is 0.325 e. The summed E-state index contributed by atoms with van der Waals surface area (Å²) in [7, 11) is 1.71. The molecule has 4 heterocycles. The van der Waals surface area contributed by atoms with Crippen molar-refractivity contribution in [2.24, 2.45) is 0 Å². The summed E-state index contributed by atoms with van der Waals surface area (Å²) in [5.41, 5.74) is 3.47. The van der Waals surface area contributed by atoms with Gasteiger partial charge < -0.3 is 24.6 Å². The molecule has 0 radical (unpaired) electrons. The first-order valence-electron chi connectivity index (χ1n) is 14.3. The van der Waals surface area contributed by atoms with Crippen LogP contribution in [0.15, 0.2) is 24.3 Å². The Balaban J connectivity index is 1.14. The van der Waals surface area contributed by atoms with Crippen molar-refractivity contribution in [3.05, 3.63) is 52.5 Å². The molecular weight excluding hydrogens is 501 g/mol. The van der Waals surface area contributed by atoms with Crippen molar-refractivity contribution < 1.29 is 28.5 Å². The Labute approximate surface area is 229 Å². The molecule has 2 saturated heterocycles. The van der Waals surface area contributed by atoms with Crippen LogP contribution in [0.3, 0.4) is 0 Å². The number of anilines is 1. The highest BCUT2D eigenvalue weighted by Gasteiger charge is 2.36. The third-order valence-corrected chi connectivity index (χ3v) is 8.08. The van der Waals surface area contributed by atoms with Crippen molar-refractivity contribution in [2.45, 2.75) is 76.0 Å². The SMILES string of the molecule is COc1cc(CCCCO[C@@H]2CCN([C@H](C(=O)O)c3cc(F)ccc3[C@H]3CCCCO3)C2)nc2c1CCCN2. The Kier molecular flexibility index (Phi) is 9.32. The van der Waals surface area contributed by atoms with Crippen molar-refractivity contribution >= 4 is 11.8 Å². The molecule has 3 atom stereocenters. The van der Waals surface area contributed by atoms with Gasteiger partial charge in [0.2, 0.25) is 0 Å². The van der Waals surface area contributed by atoms with Gasteiger partial charge in [0.1, 0.15) is 23.4 Å². The lowest BCUT2D eigenvalue weighted by atomic mass is 9.92. The largest absolute Gasteiger partial charge is 0.496 e. The highest BCUT2D eigenvalue weighted by molar-refractivity contribution is 5.76. The van der Waals surface area contributed by atoms with E-state index in [-0.39, 0.29) is 12.2 Å². The Morgan fingerprint density at radius 1 is 1.26 bits per heavy atom. The molecule has 0 unspecified atom stereocenters. The lowest BCUT2D eigenvalue weighted by Crippen LogP contribution is -2.34. The second-order valence-electron chi connectivity index (χ2n) is 10.8. The number of aliphatic carboxylic acids is 1. The van der Waals surface area contributed by atoms with Crippen LogP contribution in [0.4, 0.5) is 10.2 Å². The highest BCUT2D eigenvalue weighted by atomic mass is 19.1. The van der Waals surface area contributed by atoms with E-state index in [9.17, 15) is 14.3 Å². The molecule has 8 nitrogen and oxygen atoms in total. The van der Waals surface area contributed by atoms with Crippen LogP contribution >= 0.6 is 0 Å². The van der Waals surface area contributed by atoms with Crippen molar-refractivity contribution in [3.63, 3.8) is 0 Å². The third kappa shape index (κ3) is 6.70. The van der Waals surface area contributed by atoms with E-state index in [1.807, 2.05) is 11.0 Å². The molecule has 5 rings (SSSR count). The van der Waals surface area contributed by atoms with E-state index in [2.05, 4.69) is 5.32 Å². The van der Waals surface area contributed by atoms with E-state index in [1.54, 1.807) is 13.2 Å². The first-order valence-corrected chi connectivity index (χ1v) is 14.3. The first kappa shape index (κ1) is 27.8. The van der Waals surface area contributed by atoms with Gasteiger partial charge in [0.15, 0.2) is 0 Å². The molecule has 0 aliphatic carbocycles. The van der Waals surface area contributed by atoms with Crippen LogP contribution < -0.4 is 10.1 Å². The van der Waals surface area contributed by atoms with Gasteiger partial charge in [0, 0.05) is 50.2 Å². The summed E-state index contributed by atoms with van der Waals surface area (Å²) >= 11 is 0. The summed E-state index contributed by atoms with van der Waals surface area (Å²) < 4.78 is 32.0. The Morgan fingerprint density at radius 3 is 2.95 bits per heavy atom. The molecular formula is C30H40FN3O5. The molecule has 2 aromatic rings. The van der Waals surface area contributed by atoms with Crippen LogP contribution in [0.5, 0.6) is 5.75 Å². The number of carboxylic acid groups (broad SMARTS) is 1. The number of carboxylic acids is 1. The molecule has 1 aromatic heterocycles. The second kappa shape index (κ2) is 13.1. The molecule has 0 amide bonds. The zero-order chi connectivity index (χ0) is 27.2. The number of hydrogen-bond acceptors (Lipinski definition) is 7. The number of aromatic nitrogens is 1. The number of pyridine rings is 1. The topological polar surface area (TPSA) is 93.2 Å². The fourth-order valence-corrected chi connectivity index (χ4v) is 6.10. The molecule has 212 valence electrons. The average molecular weight is 542 g/mol. The Bertz CT molecular complexity index is 1120. The number of carbonyl (C=O) groups is 1. The molecule has 2 N–H and O–H groups in total. The minimum Gasteiger partial charge on any atom is -0.496 e. The van der Waals surface area contributed by atoms with Gasteiger partial charge in [0.25, 0.3) is 0 Å². The summed E-state index contributed by atoms with van der Waals surface area (Å²) in [6.07, 6.45) is 8.11. The van der Waals surface area contributed by atoms with Gasteiger partial charge in [0.05, 0.1) is 19.3 Å². The van der Waals surface area contributed by atoms with Crippen molar-refractivity contribution in [1.82, 2.24) is 9.88 Å². The van der Waals surface area contributed by atoms with Gasteiger partial charge in [-0.1, -0.05) is 6.07 Å². The number of ether oxygens (including phenoxy) is 3. The quantitative estimate of drug-likeness (QED) is 0.381. The Hall–Kier alpha value is -2.75. The van der Waals surface area contributed by atoms with Crippen molar-refractivity contribution in [3.8, 4) is 5.75 Å². The predicted molar refractivity (Wildman–Crippen MR) is 146 cm³/mol. The fraction of sp³-hybridized carbons (Fsp3) is 0.600.